The van der Waals surface area contributed by atoms with Crippen molar-refractivity contribution < 1.29 is 17.9 Å². The zero-order valence-electron chi connectivity index (χ0n) is 17.6. The Hall–Kier alpha value is -3.52. The lowest BCUT2D eigenvalue weighted by Gasteiger charge is -2.23. The van der Waals surface area contributed by atoms with Gasteiger partial charge in [-0.05, 0) is 37.1 Å². The predicted molar refractivity (Wildman–Crippen MR) is 126 cm³/mol. The van der Waals surface area contributed by atoms with E-state index in [9.17, 15) is 8.42 Å². The monoisotopic (exact) mass is 449 g/mol. The van der Waals surface area contributed by atoms with Gasteiger partial charge >= 0.3 is 0 Å². The molecule has 1 heterocycles. The molecule has 3 aromatic rings. The highest BCUT2D eigenvalue weighted by Gasteiger charge is 2.37. The van der Waals surface area contributed by atoms with Gasteiger partial charge in [-0.2, -0.15) is 0 Å². The van der Waals surface area contributed by atoms with Crippen LogP contribution < -0.4 is 20.1 Å². The fraction of sp³-hybridized carbons (Fsp3) is 0.208. The molecule has 1 fully saturated rings. The lowest BCUT2D eigenvalue weighted by Crippen LogP contribution is -2.24. The Morgan fingerprint density at radius 3 is 2.53 bits per heavy atom. The van der Waals surface area contributed by atoms with Crippen molar-refractivity contribution in [1.82, 2.24) is 0 Å². The van der Waals surface area contributed by atoms with E-state index in [-0.39, 0.29) is 16.8 Å². The number of nitrogens with zero attached hydrogens (tertiary/aromatic N) is 2. The van der Waals surface area contributed by atoms with Crippen LogP contribution in [0.25, 0.3) is 10.8 Å². The number of benzene rings is 3. The Bertz CT molecular complexity index is 1360. The highest BCUT2D eigenvalue weighted by atomic mass is 32.2. The quantitative estimate of drug-likeness (QED) is 0.589. The highest BCUT2D eigenvalue weighted by molar-refractivity contribution is 7.92. The number of anilines is 2. The number of nitrogens with two attached hydrogens (primary N) is 1. The average Bonchev–Trinajstić information content (AvgIpc) is 3.67. The first-order valence-corrected chi connectivity index (χ1v) is 11.9. The number of nitrogen functional groups attached to an aromatic ring is 1. The molecule has 1 aliphatic heterocycles. The van der Waals surface area contributed by atoms with Gasteiger partial charge in [0.1, 0.15) is 18.2 Å². The minimum atomic E-state index is -3.34. The third-order valence-electron chi connectivity index (χ3n) is 5.63. The molecule has 0 spiro atoms. The van der Waals surface area contributed by atoms with Crippen LogP contribution in [0.2, 0.25) is 0 Å². The van der Waals surface area contributed by atoms with E-state index in [0.717, 1.165) is 10.8 Å². The molecule has 0 bridgehead atoms. The van der Waals surface area contributed by atoms with E-state index in [4.69, 9.17) is 15.2 Å². The predicted octanol–water partition coefficient (Wildman–Crippen LogP) is 4.14. The number of ether oxygens (including phenoxy) is 2. The Morgan fingerprint density at radius 1 is 1.06 bits per heavy atom. The number of fused-ring (bicyclic) bond motifs is 1. The van der Waals surface area contributed by atoms with Gasteiger partial charge in [-0.15, -0.1) is 0 Å². The molecule has 164 valence electrons. The maximum absolute atomic E-state index is 12.7. The third kappa shape index (κ3) is 3.78. The van der Waals surface area contributed by atoms with Crippen LogP contribution in [0.15, 0.2) is 76.8 Å². The Morgan fingerprint density at radius 2 is 1.84 bits per heavy atom. The van der Waals surface area contributed by atoms with Crippen molar-refractivity contribution in [3.8, 4) is 11.5 Å². The van der Waals surface area contributed by atoms with Crippen LogP contribution in [0.1, 0.15) is 12.8 Å². The van der Waals surface area contributed by atoms with Crippen LogP contribution in [-0.4, -0.2) is 33.3 Å². The first kappa shape index (κ1) is 20.4. The molecule has 2 aliphatic rings. The van der Waals surface area contributed by atoms with E-state index in [1.807, 2.05) is 47.5 Å². The van der Waals surface area contributed by atoms with E-state index >= 15 is 0 Å². The molecule has 7 nitrogen and oxygen atoms in total. The molecule has 5 rings (SSSR count). The molecule has 1 saturated carbocycles. The number of aliphatic imine (C=N–C) groups is 1. The van der Waals surface area contributed by atoms with E-state index < -0.39 is 9.84 Å². The van der Waals surface area contributed by atoms with Crippen molar-refractivity contribution in [2.24, 2.45) is 4.99 Å². The van der Waals surface area contributed by atoms with Crippen molar-refractivity contribution in [1.29, 1.82) is 0 Å². The largest absolute Gasteiger partial charge is 0.497 e. The Balaban J connectivity index is 1.39. The molecule has 3 aromatic carbocycles. The zero-order valence-corrected chi connectivity index (χ0v) is 18.4. The molecular formula is C24H23N3O4S. The summed E-state index contributed by atoms with van der Waals surface area (Å²) in [6.07, 6.45) is 5.00. The molecule has 32 heavy (non-hydrogen) atoms. The fourth-order valence-electron chi connectivity index (χ4n) is 3.71. The topological polar surface area (TPSA) is 94.2 Å². The summed E-state index contributed by atoms with van der Waals surface area (Å²) in [4.78, 5) is 6.65. The first-order chi connectivity index (χ1) is 15.5. The van der Waals surface area contributed by atoms with Gasteiger partial charge in [-0.3, -0.25) is 0 Å². The molecule has 0 saturated heterocycles. The van der Waals surface area contributed by atoms with Crippen LogP contribution in [0.5, 0.6) is 11.5 Å². The van der Waals surface area contributed by atoms with Crippen molar-refractivity contribution in [3.05, 3.63) is 66.9 Å². The zero-order chi connectivity index (χ0) is 22.3. The summed E-state index contributed by atoms with van der Waals surface area (Å²) in [5, 5.41) is 1.55. The lowest BCUT2D eigenvalue weighted by atomic mass is 10.1. The summed E-state index contributed by atoms with van der Waals surface area (Å²) >= 11 is 0. The van der Waals surface area contributed by atoms with Gasteiger partial charge in [0.05, 0.1) is 17.3 Å². The van der Waals surface area contributed by atoms with Crippen molar-refractivity contribution in [2.45, 2.75) is 23.0 Å². The van der Waals surface area contributed by atoms with Gasteiger partial charge in [0.15, 0.2) is 9.84 Å². The molecule has 2 N–H and O–H groups in total. The lowest BCUT2D eigenvalue weighted by molar-refractivity contribution is 0.413. The van der Waals surface area contributed by atoms with E-state index in [1.54, 1.807) is 24.3 Å². The van der Waals surface area contributed by atoms with Gasteiger partial charge in [-0.1, -0.05) is 24.3 Å². The molecule has 0 amide bonds. The summed E-state index contributed by atoms with van der Waals surface area (Å²) in [5.74, 6) is 1.63. The van der Waals surface area contributed by atoms with Crippen LogP contribution >= 0.6 is 0 Å². The second kappa shape index (κ2) is 7.87. The van der Waals surface area contributed by atoms with Crippen LogP contribution in [-0.2, 0) is 9.84 Å². The number of methoxy groups -OCH3 is 1. The van der Waals surface area contributed by atoms with Crippen molar-refractivity contribution in [2.75, 3.05) is 24.4 Å². The van der Waals surface area contributed by atoms with E-state index in [1.165, 1.54) is 7.11 Å². The number of rotatable bonds is 5. The minimum absolute atomic E-state index is 0.280. The van der Waals surface area contributed by atoms with Crippen molar-refractivity contribution >= 4 is 37.9 Å². The molecule has 0 radical (unpaired) electrons. The maximum Gasteiger partial charge on any atom is 0.217 e. The smallest absolute Gasteiger partial charge is 0.217 e. The van der Waals surface area contributed by atoms with Gasteiger partial charge in [0.25, 0.3) is 0 Å². The fourth-order valence-corrected chi connectivity index (χ4v) is 5.41. The second-order valence-corrected chi connectivity index (χ2v) is 10.1. The Labute approximate surface area is 186 Å². The number of hydrogen-bond donors (Lipinski definition) is 1. The molecule has 1 aliphatic carbocycles. The molecule has 0 unspecified atom stereocenters. The maximum atomic E-state index is 12.7. The van der Waals surface area contributed by atoms with Gasteiger partial charge < -0.3 is 20.1 Å². The average molecular weight is 450 g/mol. The molecule has 0 aromatic heterocycles. The molecule has 0 atom stereocenters. The van der Waals surface area contributed by atoms with Crippen molar-refractivity contribution in [3.63, 3.8) is 0 Å². The van der Waals surface area contributed by atoms with Crippen LogP contribution in [0.3, 0.4) is 0 Å². The van der Waals surface area contributed by atoms with Gasteiger partial charge in [0, 0.05) is 40.5 Å². The summed E-state index contributed by atoms with van der Waals surface area (Å²) in [6.45, 7) is 0.287. The number of sulfone groups is 1. The second-order valence-electron chi connectivity index (χ2n) is 7.83. The van der Waals surface area contributed by atoms with E-state index in [0.29, 0.717) is 41.6 Å². The molecule has 8 heteroatoms. The molecular weight excluding hydrogens is 426 g/mol. The van der Waals surface area contributed by atoms with E-state index in [2.05, 4.69) is 4.99 Å². The summed E-state index contributed by atoms with van der Waals surface area (Å²) in [5.41, 5.74) is 7.46. The Kier molecular flexibility index (Phi) is 5.01. The third-order valence-corrected chi connectivity index (χ3v) is 7.87. The van der Waals surface area contributed by atoms with Crippen LogP contribution in [0.4, 0.5) is 11.4 Å². The summed E-state index contributed by atoms with van der Waals surface area (Å²) in [6, 6.07) is 16.5. The standard InChI is InChI=1S/C24H23N3O4S/c1-30-17-12-16(13-19(14-17)32(28,29)18-6-7-18)27-11-10-24(26-15-27)31-23-9-8-22(25)20-4-2-3-5-21(20)23/h2-5,8-14,18H,6-7,15,25H2,1H3. The normalized spacial score (nSPS) is 16.2. The van der Waals surface area contributed by atoms with Gasteiger partial charge in [-0.25, -0.2) is 13.4 Å². The summed E-state index contributed by atoms with van der Waals surface area (Å²) < 4.78 is 36.8. The summed E-state index contributed by atoms with van der Waals surface area (Å²) in [7, 11) is -1.81. The minimum Gasteiger partial charge on any atom is -0.497 e. The van der Waals surface area contributed by atoms with Crippen LogP contribution in [0, 0.1) is 0 Å². The van der Waals surface area contributed by atoms with Gasteiger partial charge in [0.2, 0.25) is 5.90 Å². The number of hydrogen-bond acceptors (Lipinski definition) is 7. The SMILES string of the molecule is COc1cc(N2C=CC(Oc3ccc(N)c4ccccc34)=NC2)cc(S(=O)(=O)C2CC2)c1. The highest BCUT2D eigenvalue weighted by Crippen LogP contribution is 2.37. The first-order valence-electron chi connectivity index (χ1n) is 10.3.